The molecule has 1 saturated heterocycles. The normalized spacial score (nSPS) is 23.9. The lowest BCUT2D eigenvalue weighted by molar-refractivity contribution is 0.355. The highest BCUT2D eigenvalue weighted by molar-refractivity contribution is 5.36. The van der Waals surface area contributed by atoms with Crippen molar-refractivity contribution >= 4 is 5.82 Å². The molecule has 2 unspecified atom stereocenters. The van der Waals surface area contributed by atoms with Crippen molar-refractivity contribution in [2.75, 3.05) is 18.0 Å². The first-order valence-electron chi connectivity index (χ1n) is 7.64. The van der Waals surface area contributed by atoms with E-state index in [4.69, 9.17) is 0 Å². The summed E-state index contributed by atoms with van der Waals surface area (Å²) >= 11 is 0. The molecule has 0 amide bonds. The molecule has 112 valence electrons. The first kappa shape index (κ1) is 15.2. The van der Waals surface area contributed by atoms with Gasteiger partial charge in [0.2, 0.25) is 0 Å². The summed E-state index contributed by atoms with van der Waals surface area (Å²) in [7, 11) is 0. The van der Waals surface area contributed by atoms with E-state index in [-0.39, 0.29) is 5.54 Å². The third-order valence-electron chi connectivity index (χ3n) is 3.68. The Labute approximate surface area is 123 Å². The Morgan fingerprint density at radius 2 is 1.80 bits per heavy atom. The van der Waals surface area contributed by atoms with Gasteiger partial charge in [0.25, 0.3) is 0 Å². The van der Waals surface area contributed by atoms with E-state index in [1.807, 2.05) is 12.4 Å². The summed E-state index contributed by atoms with van der Waals surface area (Å²) < 4.78 is 0. The predicted octanol–water partition coefficient (Wildman–Crippen LogP) is 2.85. The van der Waals surface area contributed by atoms with Crippen molar-refractivity contribution in [1.29, 1.82) is 0 Å². The summed E-state index contributed by atoms with van der Waals surface area (Å²) in [5.41, 5.74) is 1.11. The Balaban J connectivity index is 1.97. The molecule has 0 radical (unpaired) electrons. The van der Waals surface area contributed by atoms with Gasteiger partial charge in [0, 0.05) is 25.2 Å². The van der Waals surface area contributed by atoms with Crippen LogP contribution in [0.2, 0.25) is 0 Å². The lowest BCUT2D eigenvalue weighted by Crippen LogP contribution is -2.39. The van der Waals surface area contributed by atoms with Crippen molar-refractivity contribution < 1.29 is 0 Å². The first-order chi connectivity index (χ1) is 9.33. The molecule has 0 aromatic carbocycles. The van der Waals surface area contributed by atoms with Gasteiger partial charge in [0.05, 0.1) is 18.1 Å². The van der Waals surface area contributed by atoms with Crippen molar-refractivity contribution in [3.05, 3.63) is 18.1 Å². The van der Waals surface area contributed by atoms with Crippen LogP contribution in [0, 0.1) is 11.8 Å². The van der Waals surface area contributed by atoms with Crippen molar-refractivity contribution in [2.45, 2.75) is 53.1 Å². The first-order valence-corrected chi connectivity index (χ1v) is 7.64. The van der Waals surface area contributed by atoms with Crippen LogP contribution >= 0.6 is 0 Å². The van der Waals surface area contributed by atoms with Crippen LogP contribution in [0.3, 0.4) is 0 Å². The molecule has 0 saturated carbocycles. The standard InChI is InChI=1S/C16H28N4/c1-12-6-13(2)11-20(10-12)15-9-17-14(7-18-15)8-19-16(3,4)5/h7,9,12-13,19H,6,8,10-11H2,1-5H3. The minimum atomic E-state index is 0.109. The fraction of sp³-hybridized carbons (Fsp3) is 0.750. The van der Waals surface area contributed by atoms with Gasteiger partial charge in [0.15, 0.2) is 0 Å². The van der Waals surface area contributed by atoms with Crippen LogP contribution in [0.15, 0.2) is 12.4 Å². The highest BCUT2D eigenvalue weighted by Crippen LogP contribution is 2.24. The molecule has 20 heavy (non-hydrogen) atoms. The molecule has 1 aliphatic rings. The maximum atomic E-state index is 4.60. The smallest absolute Gasteiger partial charge is 0.147 e. The lowest BCUT2D eigenvalue weighted by atomic mass is 9.92. The van der Waals surface area contributed by atoms with E-state index in [2.05, 4.69) is 54.8 Å². The van der Waals surface area contributed by atoms with Crippen molar-refractivity contribution in [1.82, 2.24) is 15.3 Å². The van der Waals surface area contributed by atoms with Crippen LogP contribution in [0.5, 0.6) is 0 Å². The zero-order valence-corrected chi connectivity index (χ0v) is 13.5. The molecule has 1 aliphatic heterocycles. The fourth-order valence-electron chi connectivity index (χ4n) is 2.81. The Kier molecular flexibility index (Phi) is 4.63. The Hall–Kier alpha value is -1.16. The Morgan fingerprint density at radius 1 is 1.15 bits per heavy atom. The predicted molar refractivity (Wildman–Crippen MR) is 83.8 cm³/mol. The van der Waals surface area contributed by atoms with Gasteiger partial charge in [-0.05, 0) is 39.0 Å². The number of hydrogen-bond donors (Lipinski definition) is 1. The highest BCUT2D eigenvalue weighted by Gasteiger charge is 2.22. The SMILES string of the molecule is CC1CC(C)CN(c2cnc(CNC(C)(C)C)cn2)C1. The molecule has 1 aromatic rings. The topological polar surface area (TPSA) is 41.1 Å². The second-order valence-electron chi connectivity index (χ2n) is 7.32. The van der Waals surface area contributed by atoms with Gasteiger partial charge < -0.3 is 10.2 Å². The van der Waals surface area contributed by atoms with Crippen molar-refractivity contribution in [2.24, 2.45) is 11.8 Å². The summed E-state index contributed by atoms with van der Waals surface area (Å²) in [6.07, 6.45) is 5.14. The van der Waals surface area contributed by atoms with E-state index in [0.717, 1.165) is 43.0 Å². The van der Waals surface area contributed by atoms with Gasteiger partial charge in [-0.2, -0.15) is 0 Å². The van der Waals surface area contributed by atoms with Crippen LogP contribution in [0.1, 0.15) is 46.7 Å². The van der Waals surface area contributed by atoms with Crippen LogP contribution in [-0.4, -0.2) is 28.6 Å². The Bertz CT molecular complexity index is 411. The molecular weight excluding hydrogens is 248 g/mol. The molecule has 1 N–H and O–H groups in total. The summed E-state index contributed by atoms with van der Waals surface area (Å²) in [5, 5.41) is 3.44. The van der Waals surface area contributed by atoms with Gasteiger partial charge in [-0.15, -0.1) is 0 Å². The van der Waals surface area contributed by atoms with E-state index >= 15 is 0 Å². The molecular formula is C16H28N4. The third-order valence-corrected chi connectivity index (χ3v) is 3.68. The van der Waals surface area contributed by atoms with Crippen LogP contribution < -0.4 is 10.2 Å². The molecule has 2 heterocycles. The van der Waals surface area contributed by atoms with Crippen molar-refractivity contribution in [3.8, 4) is 0 Å². The van der Waals surface area contributed by atoms with Crippen LogP contribution in [0.4, 0.5) is 5.82 Å². The molecule has 0 bridgehead atoms. The number of hydrogen-bond acceptors (Lipinski definition) is 4. The van der Waals surface area contributed by atoms with Crippen LogP contribution in [-0.2, 0) is 6.54 Å². The van der Waals surface area contributed by atoms with E-state index in [9.17, 15) is 0 Å². The maximum absolute atomic E-state index is 4.60. The second-order valence-corrected chi connectivity index (χ2v) is 7.32. The zero-order valence-electron chi connectivity index (χ0n) is 13.5. The van der Waals surface area contributed by atoms with E-state index < -0.39 is 0 Å². The maximum Gasteiger partial charge on any atom is 0.147 e. The molecule has 4 heteroatoms. The molecule has 1 fully saturated rings. The molecule has 0 spiro atoms. The highest BCUT2D eigenvalue weighted by atomic mass is 15.2. The summed E-state index contributed by atoms with van der Waals surface area (Å²) in [6.45, 7) is 14.1. The minimum Gasteiger partial charge on any atom is -0.355 e. The second kappa shape index (κ2) is 6.08. The van der Waals surface area contributed by atoms with Gasteiger partial charge in [-0.25, -0.2) is 4.98 Å². The molecule has 2 rings (SSSR count). The van der Waals surface area contributed by atoms with E-state index in [1.165, 1.54) is 6.42 Å². The van der Waals surface area contributed by atoms with Crippen molar-refractivity contribution in [3.63, 3.8) is 0 Å². The number of piperidine rings is 1. The third kappa shape index (κ3) is 4.44. The fourth-order valence-corrected chi connectivity index (χ4v) is 2.81. The van der Waals surface area contributed by atoms with E-state index in [1.54, 1.807) is 0 Å². The summed E-state index contributed by atoms with van der Waals surface area (Å²) in [5.74, 6) is 2.49. The summed E-state index contributed by atoms with van der Waals surface area (Å²) in [4.78, 5) is 11.5. The molecule has 4 nitrogen and oxygen atoms in total. The number of nitrogens with one attached hydrogen (secondary N) is 1. The number of anilines is 1. The average Bonchev–Trinajstić information content (AvgIpc) is 2.35. The quantitative estimate of drug-likeness (QED) is 0.921. The largest absolute Gasteiger partial charge is 0.355 e. The van der Waals surface area contributed by atoms with Gasteiger partial charge >= 0.3 is 0 Å². The average molecular weight is 276 g/mol. The molecule has 1 aromatic heterocycles. The molecule has 0 aliphatic carbocycles. The summed E-state index contributed by atoms with van der Waals surface area (Å²) in [6, 6.07) is 0. The monoisotopic (exact) mass is 276 g/mol. The number of rotatable bonds is 3. The van der Waals surface area contributed by atoms with Gasteiger partial charge in [-0.3, -0.25) is 4.98 Å². The van der Waals surface area contributed by atoms with Gasteiger partial charge in [0.1, 0.15) is 5.82 Å². The Morgan fingerprint density at radius 3 is 2.30 bits per heavy atom. The lowest BCUT2D eigenvalue weighted by Gasteiger charge is -2.35. The minimum absolute atomic E-state index is 0.109. The van der Waals surface area contributed by atoms with Crippen LogP contribution in [0.25, 0.3) is 0 Å². The van der Waals surface area contributed by atoms with E-state index in [0.29, 0.717) is 0 Å². The number of nitrogens with zero attached hydrogens (tertiary/aromatic N) is 3. The zero-order chi connectivity index (χ0) is 14.8. The number of aromatic nitrogens is 2. The molecule has 2 atom stereocenters. The van der Waals surface area contributed by atoms with Gasteiger partial charge in [-0.1, -0.05) is 13.8 Å².